The van der Waals surface area contributed by atoms with Gasteiger partial charge in [-0.25, -0.2) is 14.4 Å². The minimum Gasteiger partial charge on any atom is -0.459 e. The van der Waals surface area contributed by atoms with Crippen molar-refractivity contribution >= 4 is 17.8 Å². The van der Waals surface area contributed by atoms with Gasteiger partial charge in [0, 0.05) is 6.20 Å². The van der Waals surface area contributed by atoms with Gasteiger partial charge in [0.15, 0.2) is 12.3 Å². The number of hydrogen-bond acceptors (Lipinski definition) is 9. The monoisotopic (exact) mass is 451 g/mol. The molecule has 33 heavy (non-hydrogen) atoms. The van der Waals surface area contributed by atoms with Crippen LogP contribution in [0.3, 0.4) is 0 Å². The first kappa shape index (κ1) is 22.2. The number of esters is 2. The molecule has 1 aromatic heterocycles. The molecule has 2 heterocycles. The largest absolute Gasteiger partial charge is 0.459 e. The van der Waals surface area contributed by atoms with Crippen molar-refractivity contribution in [2.45, 2.75) is 24.5 Å². The van der Waals surface area contributed by atoms with Crippen LogP contribution in [0, 0.1) is 0 Å². The Kier molecular flexibility index (Phi) is 6.48. The highest BCUT2D eigenvalue weighted by molar-refractivity contribution is 5.90. The van der Waals surface area contributed by atoms with Crippen molar-refractivity contribution in [2.75, 3.05) is 12.3 Å². The van der Waals surface area contributed by atoms with E-state index in [4.69, 9.17) is 19.9 Å². The second-order valence-electron chi connectivity index (χ2n) is 7.30. The van der Waals surface area contributed by atoms with Crippen LogP contribution in [-0.2, 0) is 14.2 Å². The fraction of sp³-hybridized carbons (Fsp3) is 0.217. The van der Waals surface area contributed by atoms with E-state index in [1.165, 1.54) is 12.3 Å². The topological polar surface area (TPSA) is 143 Å². The summed E-state index contributed by atoms with van der Waals surface area (Å²) in [5.41, 5.74) is 5.36. The highest BCUT2D eigenvalue weighted by Gasteiger charge is 2.48. The Morgan fingerprint density at radius 2 is 1.61 bits per heavy atom. The molecule has 10 heteroatoms. The molecule has 4 atom stereocenters. The second kappa shape index (κ2) is 9.63. The van der Waals surface area contributed by atoms with Crippen LogP contribution >= 0.6 is 0 Å². The van der Waals surface area contributed by atoms with Crippen LogP contribution in [0.1, 0.15) is 26.9 Å². The zero-order valence-electron chi connectivity index (χ0n) is 17.3. The Bertz CT molecular complexity index is 1180. The number of benzene rings is 2. The molecule has 0 aliphatic carbocycles. The quantitative estimate of drug-likeness (QED) is 0.528. The van der Waals surface area contributed by atoms with E-state index in [1.807, 2.05) is 0 Å². The first-order valence-corrected chi connectivity index (χ1v) is 10.1. The zero-order valence-corrected chi connectivity index (χ0v) is 17.3. The summed E-state index contributed by atoms with van der Waals surface area (Å²) < 4.78 is 17.7. The van der Waals surface area contributed by atoms with Gasteiger partial charge in [-0.3, -0.25) is 4.57 Å². The molecule has 170 valence electrons. The molecule has 2 aromatic carbocycles. The summed E-state index contributed by atoms with van der Waals surface area (Å²) in [7, 11) is 0. The molecule has 3 N–H and O–H groups in total. The Morgan fingerprint density at radius 3 is 2.21 bits per heavy atom. The lowest BCUT2D eigenvalue weighted by Gasteiger charge is -2.21. The third-order valence-electron chi connectivity index (χ3n) is 5.08. The molecule has 0 bridgehead atoms. The summed E-state index contributed by atoms with van der Waals surface area (Å²) in [5.74, 6) is -1.31. The maximum absolute atomic E-state index is 12.6. The van der Waals surface area contributed by atoms with E-state index in [2.05, 4.69) is 4.98 Å². The molecule has 4 rings (SSSR count). The lowest BCUT2D eigenvalue weighted by Crippen LogP contribution is -2.39. The standard InChI is InChI=1S/C23H21N3O7/c24-17-11-12-26(23(30)25-17)20-18(27)19(33-22(29)15-9-5-2-6-10-15)16(32-20)13-31-21(28)14-7-3-1-4-8-14/h1-12,16,18-20,27H,13H2,(H2,24,25,30). The van der Waals surface area contributed by atoms with Gasteiger partial charge in [-0.05, 0) is 30.3 Å². The first-order valence-electron chi connectivity index (χ1n) is 10.1. The highest BCUT2D eigenvalue weighted by Crippen LogP contribution is 2.31. The molecule has 1 aliphatic rings. The number of carbonyl (C=O) groups is 2. The molecule has 1 fully saturated rings. The van der Waals surface area contributed by atoms with E-state index in [1.54, 1.807) is 60.7 Å². The normalized spacial score (nSPS) is 22.0. The summed E-state index contributed by atoms with van der Waals surface area (Å²) in [6, 6.07) is 17.9. The van der Waals surface area contributed by atoms with Gasteiger partial charge in [-0.15, -0.1) is 0 Å². The van der Waals surface area contributed by atoms with Crippen LogP contribution in [0.2, 0.25) is 0 Å². The van der Waals surface area contributed by atoms with Crippen LogP contribution < -0.4 is 11.4 Å². The Morgan fingerprint density at radius 1 is 1.00 bits per heavy atom. The number of rotatable bonds is 6. The molecule has 0 spiro atoms. The minimum atomic E-state index is -1.44. The van der Waals surface area contributed by atoms with Crippen LogP contribution in [-0.4, -0.2) is 51.5 Å². The fourth-order valence-electron chi connectivity index (χ4n) is 3.43. The van der Waals surface area contributed by atoms with Crippen LogP contribution in [0.4, 0.5) is 5.82 Å². The van der Waals surface area contributed by atoms with Crippen LogP contribution in [0.5, 0.6) is 0 Å². The molecule has 3 aromatic rings. The SMILES string of the molecule is Nc1ccn(C2OC(COC(=O)c3ccccc3)C(OC(=O)c3ccccc3)C2O)c(=O)n1. The van der Waals surface area contributed by atoms with Crippen LogP contribution in [0.15, 0.2) is 77.7 Å². The summed E-state index contributed by atoms with van der Waals surface area (Å²) in [5, 5.41) is 10.9. The summed E-state index contributed by atoms with van der Waals surface area (Å²) in [6.45, 7) is -0.328. The van der Waals surface area contributed by atoms with E-state index in [0.29, 0.717) is 5.56 Å². The number of anilines is 1. The average Bonchev–Trinajstić information content (AvgIpc) is 3.13. The summed E-state index contributed by atoms with van der Waals surface area (Å²) >= 11 is 0. The van der Waals surface area contributed by atoms with Gasteiger partial charge in [0.05, 0.1) is 11.1 Å². The van der Waals surface area contributed by atoms with Crippen molar-refractivity contribution in [1.29, 1.82) is 0 Å². The van der Waals surface area contributed by atoms with Gasteiger partial charge in [0.2, 0.25) is 0 Å². The molecule has 0 radical (unpaired) electrons. The molecule has 1 aliphatic heterocycles. The van der Waals surface area contributed by atoms with E-state index >= 15 is 0 Å². The number of ether oxygens (including phenoxy) is 3. The second-order valence-corrected chi connectivity index (χ2v) is 7.30. The number of hydrogen-bond donors (Lipinski definition) is 2. The van der Waals surface area contributed by atoms with E-state index in [9.17, 15) is 19.5 Å². The predicted octanol–water partition coefficient (Wildman–Crippen LogP) is 1.17. The van der Waals surface area contributed by atoms with E-state index in [-0.39, 0.29) is 18.0 Å². The fourth-order valence-corrected chi connectivity index (χ4v) is 3.43. The van der Waals surface area contributed by atoms with Crippen molar-refractivity contribution < 1.29 is 28.9 Å². The molecule has 10 nitrogen and oxygen atoms in total. The smallest absolute Gasteiger partial charge is 0.351 e. The number of carbonyl (C=O) groups excluding carboxylic acids is 2. The lowest BCUT2D eigenvalue weighted by molar-refractivity contribution is -0.0613. The Hall–Kier alpha value is -4.02. The first-order chi connectivity index (χ1) is 15.9. The van der Waals surface area contributed by atoms with Gasteiger partial charge in [0.1, 0.15) is 24.6 Å². The van der Waals surface area contributed by atoms with Crippen molar-refractivity contribution in [3.8, 4) is 0 Å². The Labute approximate surface area is 188 Å². The van der Waals surface area contributed by atoms with E-state index < -0.39 is 42.2 Å². The maximum atomic E-state index is 12.6. The minimum absolute atomic E-state index is 0.00383. The van der Waals surface area contributed by atoms with Gasteiger partial charge in [-0.1, -0.05) is 36.4 Å². The molecular formula is C23H21N3O7. The van der Waals surface area contributed by atoms with Gasteiger partial charge in [-0.2, -0.15) is 4.98 Å². The van der Waals surface area contributed by atoms with Crippen molar-refractivity contribution in [3.05, 3.63) is 94.5 Å². The predicted molar refractivity (Wildman–Crippen MR) is 115 cm³/mol. The molecule has 0 amide bonds. The molecule has 0 saturated carbocycles. The molecule has 1 saturated heterocycles. The average molecular weight is 451 g/mol. The Balaban J connectivity index is 1.56. The van der Waals surface area contributed by atoms with Crippen molar-refractivity contribution in [2.24, 2.45) is 0 Å². The lowest BCUT2D eigenvalue weighted by atomic mass is 10.1. The third kappa shape index (κ3) is 4.92. The number of nitrogens with zero attached hydrogens (tertiary/aromatic N) is 2. The van der Waals surface area contributed by atoms with Crippen molar-refractivity contribution in [1.82, 2.24) is 9.55 Å². The number of nitrogen functional groups attached to an aromatic ring is 1. The maximum Gasteiger partial charge on any atom is 0.351 e. The van der Waals surface area contributed by atoms with Crippen molar-refractivity contribution in [3.63, 3.8) is 0 Å². The number of aliphatic hydroxyl groups excluding tert-OH is 1. The van der Waals surface area contributed by atoms with E-state index in [0.717, 1.165) is 4.57 Å². The molecular weight excluding hydrogens is 430 g/mol. The number of aromatic nitrogens is 2. The molecule has 4 unspecified atom stereocenters. The number of nitrogens with two attached hydrogens (primary N) is 1. The summed E-state index contributed by atoms with van der Waals surface area (Å²) in [6.07, 6.45) is -3.64. The number of aliphatic hydroxyl groups is 1. The van der Waals surface area contributed by atoms with Gasteiger partial charge in [0.25, 0.3) is 0 Å². The van der Waals surface area contributed by atoms with Gasteiger partial charge < -0.3 is 25.1 Å². The van der Waals surface area contributed by atoms with Crippen LogP contribution in [0.25, 0.3) is 0 Å². The third-order valence-corrected chi connectivity index (χ3v) is 5.08. The summed E-state index contributed by atoms with van der Waals surface area (Å²) in [4.78, 5) is 40.9. The zero-order chi connectivity index (χ0) is 23.4. The highest BCUT2D eigenvalue weighted by atomic mass is 16.6. The van der Waals surface area contributed by atoms with Gasteiger partial charge >= 0.3 is 17.6 Å².